The molecule has 0 fully saturated rings. The monoisotopic (exact) mass is 263 g/mol. The van der Waals surface area contributed by atoms with E-state index < -0.39 is 0 Å². The second-order valence-corrected chi connectivity index (χ2v) is 4.47. The quantitative estimate of drug-likeness (QED) is 0.894. The highest BCUT2D eigenvalue weighted by atomic mass is 35.5. The molecule has 0 radical (unpaired) electrons. The minimum absolute atomic E-state index is 0.237. The standard InChI is InChI=1S/C13H14ClN3O/c1-3-9-7-15-17-12(9)16-13(18)10-5-4-8(2)6-11(10)14/h4-7H,3H2,1-2H3,(H2,15,16,17,18). The van der Waals surface area contributed by atoms with Crippen molar-refractivity contribution in [2.24, 2.45) is 0 Å². The van der Waals surface area contributed by atoms with Crippen LogP contribution in [-0.4, -0.2) is 16.1 Å². The summed E-state index contributed by atoms with van der Waals surface area (Å²) in [6, 6.07) is 5.34. The van der Waals surface area contributed by atoms with Gasteiger partial charge in [0, 0.05) is 5.56 Å². The van der Waals surface area contributed by atoms with Crippen LogP contribution < -0.4 is 5.32 Å². The van der Waals surface area contributed by atoms with Gasteiger partial charge in [-0.05, 0) is 31.0 Å². The van der Waals surface area contributed by atoms with Gasteiger partial charge >= 0.3 is 0 Å². The zero-order valence-corrected chi connectivity index (χ0v) is 11.0. The Hall–Kier alpha value is -1.81. The number of nitrogens with zero attached hydrogens (tertiary/aromatic N) is 1. The van der Waals surface area contributed by atoms with Crippen LogP contribution in [-0.2, 0) is 6.42 Å². The molecule has 1 heterocycles. The molecule has 4 nitrogen and oxygen atoms in total. The molecule has 0 spiro atoms. The summed E-state index contributed by atoms with van der Waals surface area (Å²) in [6.07, 6.45) is 2.50. The first-order valence-corrected chi connectivity index (χ1v) is 6.09. The van der Waals surface area contributed by atoms with E-state index >= 15 is 0 Å². The molecule has 2 N–H and O–H groups in total. The number of hydrogen-bond acceptors (Lipinski definition) is 2. The summed E-state index contributed by atoms with van der Waals surface area (Å²) in [5.41, 5.74) is 2.44. The first-order valence-electron chi connectivity index (χ1n) is 5.71. The molecule has 0 saturated carbocycles. The SMILES string of the molecule is CCc1cn[nH]c1NC(=O)c1ccc(C)cc1Cl. The molecule has 2 rings (SSSR count). The van der Waals surface area contributed by atoms with E-state index in [9.17, 15) is 4.79 Å². The maximum Gasteiger partial charge on any atom is 0.258 e. The molecule has 1 amide bonds. The number of nitrogens with one attached hydrogen (secondary N) is 2. The Balaban J connectivity index is 2.22. The fourth-order valence-electron chi connectivity index (χ4n) is 1.67. The van der Waals surface area contributed by atoms with Gasteiger partial charge in [0.2, 0.25) is 0 Å². The van der Waals surface area contributed by atoms with Gasteiger partial charge in [-0.3, -0.25) is 9.89 Å². The van der Waals surface area contributed by atoms with E-state index in [4.69, 9.17) is 11.6 Å². The Labute approximate surface area is 110 Å². The van der Waals surface area contributed by atoms with Gasteiger partial charge in [0.15, 0.2) is 0 Å². The first-order chi connectivity index (χ1) is 8.61. The molecule has 0 saturated heterocycles. The van der Waals surface area contributed by atoms with Crippen molar-refractivity contribution >= 4 is 23.3 Å². The topological polar surface area (TPSA) is 57.8 Å². The largest absolute Gasteiger partial charge is 0.307 e. The lowest BCUT2D eigenvalue weighted by Gasteiger charge is -2.07. The summed E-state index contributed by atoms with van der Waals surface area (Å²) >= 11 is 6.05. The van der Waals surface area contributed by atoms with Crippen molar-refractivity contribution < 1.29 is 4.79 Å². The van der Waals surface area contributed by atoms with Crippen LogP contribution in [0.5, 0.6) is 0 Å². The van der Waals surface area contributed by atoms with Gasteiger partial charge in [0.05, 0.1) is 16.8 Å². The Morgan fingerprint density at radius 2 is 2.28 bits per heavy atom. The fraction of sp³-hybridized carbons (Fsp3) is 0.231. The number of hydrogen-bond donors (Lipinski definition) is 2. The molecule has 18 heavy (non-hydrogen) atoms. The molecule has 1 aromatic carbocycles. The molecular formula is C13H14ClN3O. The minimum atomic E-state index is -0.237. The molecule has 0 aliphatic carbocycles. The number of aromatic nitrogens is 2. The molecule has 5 heteroatoms. The fourth-order valence-corrected chi connectivity index (χ4v) is 1.99. The first kappa shape index (κ1) is 12.6. The number of rotatable bonds is 3. The average Bonchev–Trinajstić information content (AvgIpc) is 2.76. The molecule has 0 atom stereocenters. The molecule has 0 aliphatic heterocycles. The van der Waals surface area contributed by atoms with Gasteiger partial charge in [-0.1, -0.05) is 24.6 Å². The second kappa shape index (κ2) is 5.23. The van der Waals surface area contributed by atoms with Crippen molar-refractivity contribution in [1.29, 1.82) is 0 Å². The van der Waals surface area contributed by atoms with Gasteiger partial charge in [-0.2, -0.15) is 5.10 Å². The maximum atomic E-state index is 12.1. The van der Waals surface area contributed by atoms with Crippen LogP contribution in [0.25, 0.3) is 0 Å². The van der Waals surface area contributed by atoms with Crippen molar-refractivity contribution in [1.82, 2.24) is 10.2 Å². The van der Waals surface area contributed by atoms with Gasteiger partial charge in [-0.15, -0.1) is 0 Å². The number of H-pyrrole nitrogens is 1. The lowest BCUT2D eigenvalue weighted by atomic mass is 10.1. The van der Waals surface area contributed by atoms with Crippen molar-refractivity contribution in [2.45, 2.75) is 20.3 Å². The zero-order chi connectivity index (χ0) is 13.1. The molecule has 2 aromatic rings. The Morgan fingerprint density at radius 3 is 2.94 bits per heavy atom. The highest BCUT2D eigenvalue weighted by Crippen LogP contribution is 2.19. The van der Waals surface area contributed by atoms with Crippen LogP contribution >= 0.6 is 11.6 Å². The van der Waals surface area contributed by atoms with Crippen molar-refractivity contribution in [3.05, 3.63) is 46.1 Å². The van der Waals surface area contributed by atoms with Gasteiger partial charge in [0.1, 0.15) is 5.82 Å². The Morgan fingerprint density at radius 1 is 1.50 bits per heavy atom. The highest BCUT2D eigenvalue weighted by Gasteiger charge is 2.13. The number of halogens is 1. The van der Waals surface area contributed by atoms with Crippen molar-refractivity contribution in [3.63, 3.8) is 0 Å². The molecular weight excluding hydrogens is 250 g/mol. The average molecular weight is 264 g/mol. The van der Waals surface area contributed by atoms with Crippen LogP contribution in [0.4, 0.5) is 5.82 Å². The van der Waals surface area contributed by atoms with E-state index in [2.05, 4.69) is 15.5 Å². The summed E-state index contributed by atoms with van der Waals surface area (Å²) < 4.78 is 0. The molecule has 0 unspecified atom stereocenters. The van der Waals surface area contributed by atoms with Gasteiger partial charge in [-0.25, -0.2) is 0 Å². The van der Waals surface area contributed by atoms with Gasteiger partial charge < -0.3 is 5.32 Å². The Bertz CT molecular complexity index is 577. The number of benzene rings is 1. The number of aromatic amines is 1. The van der Waals surface area contributed by atoms with Crippen LogP contribution in [0.15, 0.2) is 24.4 Å². The zero-order valence-electron chi connectivity index (χ0n) is 10.2. The van der Waals surface area contributed by atoms with Crippen LogP contribution in [0.2, 0.25) is 5.02 Å². The van der Waals surface area contributed by atoms with E-state index in [1.807, 2.05) is 19.9 Å². The smallest absolute Gasteiger partial charge is 0.258 e. The second-order valence-electron chi connectivity index (χ2n) is 4.06. The minimum Gasteiger partial charge on any atom is -0.307 e. The molecule has 0 bridgehead atoms. The number of aryl methyl sites for hydroxylation is 2. The Kier molecular flexibility index (Phi) is 3.67. The summed E-state index contributed by atoms with van der Waals surface area (Å²) in [5.74, 6) is 0.387. The van der Waals surface area contributed by atoms with E-state index in [1.165, 1.54) is 0 Å². The van der Waals surface area contributed by atoms with Crippen LogP contribution in [0, 0.1) is 6.92 Å². The van der Waals surface area contributed by atoms with E-state index in [0.717, 1.165) is 17.5 Å². The lowest BCUT2D eigenvalue weighted by molar-refractivity contribution is 0.102. The number of carbonyl (C=O) groups excluding carboxylic acids is 1. The molecule has 1 aromatic heterocycles. The van der Waals surface area contributed by atoms with Crippen molar-refractivity contribution in [2.75, 3.05) is 5.32 Å². The number of amides is 1. The number of anilines is 1. The third-order valence-electron chi connectivity index (χ3n) is 2.71. The summed E-state index contributed by atoms with van der Waals surface area (Å²) in [5, 5.41) is 9.89. The normalized spacial score (nSPS) is 10.4. The van der Waals surface area contributed by atoms with Crippen molar-refractivity contribution in [3.8, 4) is 0 Å². The third kappa shape index (κ3) is 2.54. The molecule has 0 aliphatic rings. The summed E-state index contributed by atoms with van der Waals surface area (Å²) in [7, 11) is 0. The van der Waals surface area contributed by atoms with Crippen LogP contribution in [0.3, 0.4) is 0 Å². The molecule has 94 valence electrons. The van der Waals surface area contributed by atoms with E-state index in [1.54, 1.807) is 18.3 Å². The summed E-state index contributed by atoms with van der Waals surface area (Å²) in [6.45, 7) is 3.93. The van der Waals surface area contributed by atoms with Crippen LogP contribution in [0.1, 0.15) is 28.4 Å². The van der Waals surface area contributed by atoms with E-state index in [-0.39, 0.29) is 5.91 Å². The predicted octanol–water partition coefficient (Wildman–Crippen LogP) is 3.19. The van der Waals surface area contributed by atoms with E-state index in [0.29, 0.717) is 16.4 Å². The number of carbonyl (C=O) groups is 1. The van der Waals surface area contributed by atoms with Gasteiger partial charge in [0.25, 0.3) is 5.91 Å². The summed E-state index contributed by atoms with van der Waals surface area (Å²) in [4.78, 5) is 12.1. The predicted molar refractivity (Wildman–Crippen MR) is 72.1 cm³/mol. The maximum absolute atomic E-state index is 12.1. The lowest BCUT2D eigenvalue weighted by Crippen LogP contribution is -2.13. The third-order valence-corrected chi connectivity index (χ3v) is 3.02. The highest BCUT2D eigenvalue weighted by molar-refractivity contribution is 6.34.